The Morgan fingerprint density at radius 2 is 2.50 bits per heavy atom. The molecule has 0 amide bonds. The molecule has 0 aliphatic heterocycles. The summed E-state index contributed by atoms with van der Waals surface area (Å²) in [5.41, 5.74) is 0. The lowest BCUT2D eigenvalue weighted by Crippen LogP contribution is -2.06. The SMILES string of the molecule is O=CCCSC(=S)Nc1ccccn1. The summed E-state index contributed by atoms with van der Waals surface area (Å²) in [6, 6.07) is 5.56. The Labute approximate surface area is 92.3 Å². The van der Waals surface area contributed by atoms with E-state index in [0.29, 0.717) is 16.5 Å². The van der Waals surface area contributed by atoms with Crippen LogP contribution < -0.4 is 5.32 Å². The maximum absolute atomic E-state index is 10.1. The summed E-state index contributed by atoms with van der Waals surface area (Å²) in [6.45, 7) is 0. The van der Waals surface area contributed by atoms with Gasteiger partial charge in [0, 0.05) is 18.4 Å². The molecule has 1 aromatic heterocycles. The molecule has 5 heteroatoms. The maximum atomic E-state index is 10.1. The lowest BCUT2D eigenvalue weighted by molar-refractivity contribution is -0.107. The molecule has 0 aromatic carbocycles. The van der Waals surface area contributed by atoms with Gasteiger partial charge in [-0.15, -0.1) is 0 Å². The number of nitrogens with one attached hydrogen (secondary N) is 1. The summed E-state index contributed by atoms with van der Waals surface area (Å²) in [5.74, 6) is 1.44. The number of hydrogen-bond acceptors (Lipinski definition) is 4. The van der Waals surface area contributed by atoms with Crippen molar-refractivity contribution in [1.82, 2.24) is 4.98 Å². The minimum absolute atomic E-state index is 0.523. The molecule has 0 saturated carbocycles. The van der Waals surface area contributed by atoms with Crippen LogP contribution in [0.25, 0.3) is 0 Å². The van der Waals surface area contributed by atoms with Gasteiger partial charge in [0.05, 0.1) is 0 Å². The molecule has 14 heavy (non-hydrogen) atoms. The number of carbonyl (C=O) groups excluding carboxylic acids is 1. The van der Waals surface area contributed by atoms with Gasteiger partial charge in [0.2, 0.25) is 0 Å². The Hall–Kier alpha value is -0.940. The van der Waals surface area contributed by atoms with E-state index in [4.69, 9.17) is 12.2 Å². The molecule has 0 bridgehead atoms. The summed E-state index contributed by atoms with van der Waals surface area (Å²) in [5, 5.41) is 2.97. The van der Waals surface area contributed by atoms with Crippen molar-refractivity contribution in [2.45, 2.75) is 6.42 Å². The summed E-state index contributed by atoms with van der Waals surface area (Å²) in [6.07, 6.45) is 3.10. The Kier molecular flexibility index (Phi) is 5.17. The Morgan fingerprint density at radius 1 is 1.64 bits per heavy atom. The number of rotatable bonds is 4. The summed E-state index contributed by atoms with van der Waals surface area (Å²) < 4.78 is 0.644. The molecule has 1 heterocycles. The Bertz CT molecular complexity index is 303. The van der Waals surface area contributed by atoms with Crippen molar-refractivity contribution in [3.05, 3.63) is 24.4 Å². The molecule has 0 radical (unpaired) electrons. The first-order valence-corrected chi connectivity index (χ1v) is 5.51. The number of pyridine rings is 1. The van der Waals surface area contributed by atoms with Crippen LogP contribution >= 0.6 is 24.0 Å². The predicted octanol–water partition coefficient (Wildman–Crippen LogP) is 2.10. The van der Waals surface area contributed by atoms with Crippen LogP contribution in [0.4, 0.5) is 5.82 Å². The van der Waals surface area contributed by atoms with Crippen molar-refractivity contribution in [1.29, 1.82) is 0 Å². The van der Waals surface area contributed by atoms with Gasteiger partial charge in [-0.05, 0) is 12.1 Å². The quantitative estimate of drug-likeness (QED) is 0.484. The zero-order valence-electron chi connectivity index (χ0n) is 7.47. The lowest BCUT2D eigenvalue weighted by Gasteiger charge is -2.04. The maximum Gasteiger partial charge on any atom is 0.139 e. The van der Waals surface area contributed by atoms with Gasteiger partial charge in [-0.3, -0.25) is 0 Å². The highest BCUT2D eigenvalue weighted by molar-refractivity contribution is 8.23. The normalized spacial score (nSPS) is 9.43. The number of nitrogens with zero attached hydrogens (tertiary/aromatic N) is 1. The highest BCUT2D eigenvalue weighted by atomic mass is 32.2. The van der Waals surface area contributed by atoms with E-state index in [-0.39, 0.29) is 0 Å². The van der Waals surface area contributed by atoms with E-state index >= 15 is 0 Å². The van der Waals surface area contributed by atoms with Crippen LogP contribution in [-0.4, -0.2) is 21.3 Å². The molecule has 0 fully saturated rings. The minimum atomic E-state index is 0.523. The second kappa shape index (κ2) is 6.50. The summed E-state index contributed by atoms with van der Waals surface area (Å²) in [7, 11) is 0. The zero-order valence-corrected chi connectivity index (χ0v) is 9.11. The molecule has 0 aliphatic carbocycles. The number of aldehydes is 1. The van der Waals surface area contributed by atoms with E-state index in [2.05, 4.69) is 10.3 Å². The molecule has 1 aromatic rings. The molecule has 0 spiro atoms. The van der Waals surface area contributed by atoms with Gasteiger partial charge in [-0.25, -0.2) is 4.98 Å². The van der Waals surface area contributed by atoms with E-state index in [1.165, 1.54) is 11.8 Å². The third-order valence-corrected chi connectivity index (χ3v) is 2.62. The summed E-state index contributed by atoms with van der Waals surface area (Å²) in [4.78, 5) is 14.1. The number of thiocarbonyl (C=S) groups is 1. The molecule has 1 N–H and O–H groups in total. The van der Waals surface area contributed by atoms with Crippen LogP contribution in [0.2, 0.25) is 0 Å². The van der Waals surface area contributed by atoms with Crippen LogP contribution in [-0.2, 0) is 4.79 Å². The highest BCUT2D eigenvalue weighted by Crippen LogP contribution is 2.09. The third kappa shape index (κ3) is 4.34. The van der Waals surface area contributed by atoms with Crippen molar-refractivity contribution < 1.29 is 4.79 Å². The molecular weight excluding hydrogens is 216 g/mol. The monoisotopic (exact) mass is 226 g/mol. The number of thioether (sulfide) groups is 1. The smallest absolute Gasteiger partial charge is 0.139 e. The fraction of sp³-hybridized carbons (Fsp3) is 0.222. The number of carbonyl (C=O) groups is 1. The van der Waals surface area contributed by atoms with Gasteiger partial charge in [-0.1, -0.05) is 30.0 Å². The van der Waals surface area contributed by atoms with Crippen molar-refractivity contribution in [3.8, 4) is 0 Å². The molecule has 3 nitrogen and oxygen atoms in total. The van der Waals surface area contributed by atoms with Crippen molar-refractivity contribution in [2.75, 3.05) is 11.1 Å². The van der Waals surface area contributed by atoms with Gasteiger partial charge in [0.25, 0.3) is 0 Å². The third-order valence-electron chi connectivity index (χ3n) is 1.36. The average molecular weight is 226 g/mol. The second-order valence-electron chi connectivity index (χ2n) is 2.43. The van der Waals surface area contributed by atoms with E-state index in [1.54, 1.807) is 6.20 Å². The average Bonchev–Trinajstić information content (AvgIpc) is 2.20. The number of hydrogen-bond donors (Lipinski definition) is 1. The largest absolute Gasteiger partial charge is 0.326 e. The number of aromatic nitrogens is 1. The van der Waals surface area contributed by atoms with Crippen LogP contribution in [0, 0.1) is 0 Å². The van der Waals surface area contributed by atoms with Gasteiger partial charge >= 0.3 is 0 Å². The van der Waals surface area contributed by atoms with Crippen LogP contribution in [0.3, 0.4) is 0 Å². The molecule has 0 saturated heterocycles. The number of anilines is 1. The molecule has 0 aliphatic rings. The van der Waals surface area contributed by atoms with Gasteiger partial charge < -0.3 is 10.1 Å². The standard InChI is InChI=1S/C9H10N2OS2/c12-6-3-7-14-9(13)11-8-4-1-2-5-10-8/h1-2,4-6H,3,7H2,(H,10,11,13). The second-order valence-corrected chi connectivity index (χ2v) is 4.20. The van der Waals surface area contributed by atoms with Crippen molar-refractivity contribution in [3.63, 3.8) is 0 Å². The van der Waals surface area contributed by atoms with Crippen LogP contribution in [0.1, 0.15) is 6.42 Å². The van der Waals surface area contributed by atoms with Crippen LogP contribution in [0.15, 0.2) is 24.4 Å². The first kappa shape index (κ1) is 11.1. The zero-order chi connectivity index (χ0) is 10.2. The van der Waals surface area contributed by atoms with Gasteiger partial charge in [0.1, 0.15) is 16.4 Å². The molecule has 0 atom stereocenters. The van der Waals surface area contributed by atoms with Gasteiger partial charge in [-0.2, -0.15) is 0 Å². The topological polar surface area (TPSA) is 42.0 Å². The van der Waals surface area contributed by atoms with E-state index < -0.39 is 0 Å². The first-order valence-electron chi connectivity index (χ1n) is 4.11. The predicted molar refractivity (Wildman–Crippen MR) is 63.6 cm³/mol. The van der Waals surface area contributed by atoms with E-state index in [9.17, 15) is 4.79 Å². The Morgan fingerprint density at radius 3 is 3.14 bits per heavy atom. The molecule has 74 valence electrons. The minimum Gasteiger partial charge on any atom is -0.326 e. The fourth-order valence-electron chi connectivity index (χ4n) is 0.777. The van der Waals surface area contributed by atoms with Gasteiger partial charge in [0.15, 0.2) is 0 Å². The van der Waals surface area contributed by atoms with E-state index in [1.807, 2.05) is 18.2 Å². The van der Waals surface area contributed by atoms with Crippen molar-refractivity contribution >= 4 is 40.4 Å². The Balaban J connectivity index is 2.31. The fourth-order valence-corrected chi connectivity index (χ4v) is 1.71. The van der Waals surface area contributed by atoms with Crippen molar-refractivity contribution in [2.24, 2.45) is 0 Å². The molecule has 1 rings (SSSR count). The summed E-state index contributed by atoms with van der Waals surface area (Å²) >= 11 is 6.49. The first-order chi connectivity index (χ1) is 6.83. The molecular formula is C9H10N2OS2. The molecule has 0 unspecified atom stereocenters. The highest BCUT2D eigenvalue weighted by Gasteiger charge is 1.98. The van der Waals surface area contributed by atoms with E-state index in [0.717, 1.165) is 12.1 Å². The lowest BCUT2D eigenvalue weighted by atomic mass is 10.5. The van der Waals surface area contributed by atoms with Crippen LogP contribution in [0.5, 0.6) is 0 Å².